The minimum atomic E-state index is -0.0601. The summed E-state index contributed by atoms with van der Waals surface area (Å²) < 4.78 is 6.46. The van der Waals surface area contributed by atoms with Crippen LogP contribution >= 0.6 is 15.9 Å². The summed E-state index contributed by atoms with van der Waals surface area (Å²) in [4.78, 5) is 14.8. The van der Waals surface area contributed by atoms with Crippen molar-refractivity contribution in [2.45, 2.75) is 19.9 Å². The lowest BCUT2D eigenvalue weighted by atomic mass is 9.90. The summed E-state index contributed by atoms with van der Waals surface area (Å²) in [5.41, 5.74) is 2.54. The molecule has 1 heterocycles. The Balaban J connectivity index is 1.73. The van der Waals surface area contributed by atoms with Crippen molar-refractivity contribution in [3.8, 4) is 0 Å². The molecule has 0 radical (unpaired) electrons. The van der Waals surface area contributed by atoms with Gasteiger partial charge in [0.2, 0.25) is 0 Å². The molecular weight excluding hydrogens is 378 g/mol. The van der Waals surface area contributed by atoms with Crippen LogP contribution in [-0.2, 0) is 22.5 Å². The Bertz CT molecular complexity index is 704. The number of hydrogen-bond acceptors (Lipinski definition) is 3. The third kappa shape index (κ3) is 4.71. The molecule has 2 atom stereocenters. The molecule has 0 bridgehead atoms. The first-order valence-electron chi connectivity index (χ1n) is 8.83. The Morgan fingerprint density at radius 1 is 1.12 bits per heavy atom. The van der Waals surface area contributed by atoms with Crippen LogP contribution < -0.4 is 0 Å². The number of halogens is 1. The number of nitrogens with zero attached hydrogens (tertiary/aromatic N) is 1. The standard InChI is InChI=1S/C21H24BrNO2/c1-2-25-21(24)19-15-23(13-16-8-4-3-5-9-16)14-18(19)12-17-10-6-7-11-20(17)22/h3-11,18-19H,2,12-15H2,1H3. The fraction of sp³-hybridized carbons (Fsp3) is 0.381. The minimum absolute atomic E-state index is 0.0595. The Kier molecular flexibility index (Phi) is 6.27. The zero-order valence-corrected chi connectivity index (χ0v) is 16.1. The molecule has 0 saturated carbocycles. The molecule has 2 aromatic rings. The second-order valence-corrected chi connectivity index (χ2v) is 7.45. The second-order valence-electron chi connectivity index (χ2n) is 6.59. The maximum Gasteiger partial charge on any atom is 0.310 e. The van der Waals surface area contributed by atoms with Crippen molar-refractivity contribution in [3.63, 3.8) is 0 Å². The van der Waals surface area contributed by atoms with Crippen LogP contribution in [-0.4, -0.2) is 30.6 Å². The highest BCUT2D eigenvalue weighted by atomic mass is 79.9. The molecule has 1 fully saturated rings. The molecule has 0 aliphatic carbocycles. The average molecular weight is 402 g/mol. The third-order valence-electron chi connectivity index (χ3n) is 4.79. The Morgan fingerprint density at radius 2 is 1.84 bits per heavy atom. The van der Waals surface area contributed by atoms with Gasteiger partial charge in [-0.15, -0.1) is 0 Å². The van der Waals surface area contributed by atoms with E-state index in [0.29, 0.717) is 6.61 Å². The van der Waals surface area contributed by atoms with Gasteiger partial charge in [0.15, 0.2) is 0 Å². The van der Waals surface area contributed by atoms with Crippen molar-refractivity contribution >= 4 is 21.9 Å². The SMILES string of the molecule is CCOC(=O)C1CN(Cc2ccccc2)CC1Cc1ccccc1Br. The van der Waals surface area contributed by atoms with Crippen LogP contribution in [0.2, 0.25) is 0 Å². The van der Waals surface area contributed by atoms with Gasteiger partial charge in [-0.25, -0.2) is 0 Å². The van der Waals surface area contributed by atoms with Crippen LogP contribution in [0.25, 0.3) is 0 Å². The van der Waals surface area contributed by atoms with E-state index in [1.807, 2.05) is 19.1 Å². The molecule has 0 amide bonds. The average Bonchev–Trinajstić information content (AvgIpc) is 3.00. The van der Waals surface area contributed by atoms with Gasteiger partial charge in [0, 0.05) is 24.1 Å². The van der Waals surface area contributed by atoms with Gasteiger partial charge >= 0.3 is 5.97 Å². The number of likely N-dealkylation sites (tertiary alicyclic amines) is 1. The Labute approximate surface area is 158 Å². The number of rotatable bonds is 6. The first-order valence-corrected chi connectivity index (χ1v) is 9.63. The predicted octanol–water partition coefficient (Wildman–Crippen LogP) is 4.30. The van der Waals surface area contributed by atoms with E-state index < -0.39 is 0 Å². The quantitative estimate of drug-likeness (QED) is 0.675. The number of esters is 1. The topological polar surface area (TPSA) is 29.5 Å². The molecular formula is C21H24BrNO2. The summed E-state index contributed by atoms with van der Waals surface area (Å²) in [5, 5.41) is 0. The van der Waals surface area contributed by atoms with Crippen LogP contribution in [0, 0.1) is 11.8 Å². The molecule has 0 spiro atoms. The predicted molar refractivity (Wildman–Crippen MR) is 103 cm³/mol. The third-order valence-corrected chi connectivity index (χ3v) is 5.57. The fourth-order valence-electron chi connectivity index (χ4n) is 3.60. The number of benzene rings is 2. The molecule has 132 valence electrons. The molecule has 1 saturated heterocycles. The first-order chi connectivity index (χ1) is 12.2. The summed E-state index contributed by atoms with van der Waals surface area (Å²) in [6.45, 7) is 4.87. The Morgan fingerprint density at radius 3 is 2.56 bits per heavy atom. The van der Waals surface area contributed by atoms with Crippen molar-refractivity contribution in [2.75, 3.05) is 19.7 Å². The monoisotopic (exact) mass is 401 g/mol. The molecule has 0 N–H and O–H groups in total. The van der Waals surface area contributed by atoms with E-state index in [2.05, 4.69) is 63.3 Å². The number of ether oxygens (including phenoxy) is 1. The largest absolute Gasteiger partial charge is 0.466 e. The van der Waals surface area contributed by atoms with Crippen molar-refractivity contribution < 1.29 is 9.53 Å². The van der Waals surface area contributed by atoms with Crippen molar-refractivity contribution in [3.05, 3.63) is 70.2 Å². The van der Waals surface area contributed by atoms with Crippen molar-refractivity contribution in [1.82, 2.24) is 4.90 Å². The number of hydrogen-bond donors (Lipinski definition) is 0. The van der Waals surface area contributed by atoms with Gasteiger partial charge in [-0.1, -0.05) is 64.5 Å². The van der Waals surface area contributed by atoms with Gasteiger partial charge in [0.05, 0.1) is 12.5 Å². The van der Waals surface area contributed by atoms with Gasteiger partial charge in [0.1, 0.15) is 0 Å². The van der Waals surface area contributed by atoms with E-state index in [4.69, 9.17) is 4.74 Å². The normalized spacial score (nSPS) is 20.6. The van der Waals surface area contributed by atoms with Crippen molar-refractivity contribution in [2.24, 2.45) is 11.8 Å². The summed E-state index contributed by atoms with van der Waals surface area (Å²) in [6.07, 6.45) is 0.885. The molecule has 2 unspecified atom stereocenters. The van der Waals surface area contributed by atoms with Crippen molar-refractivity contribution in [1.29, 1.82) is 0 Å². The van der Waals surface area contributed by atoms with Crippen LogP contribution in [0.5, 0.6) is 0 Å². The van der Waals surface area contributed by atoms with E-state index in [0.717, 1.165) is 30.5 Å². The molecule has 4 heteroatoms. The first kappa shape index (κ1) is 18.2. The lowest BCUT2D eigenvalue weighted by Gasteiger charge is -2.17. The van der Waals surface area contributed by atoms with Crippen LogP contribution in [0.1, 0.15) is 18.1 Å². The number of carbonyl (C=O) groups excluding carboxylic acids is 1. The molecule has 0 aromatic heterocycles. The van der Waals surface area contributed by atoms with Gasteiger partial charge in [-0.2, -0.15) is 0 Å². The lowest BCUT2D eigenvalue weighted by molar-refractivity contribution is -0.148. The maximum atomic E-state index is 12.5. The van der Waals surface area contributed by atoms with Gasteiger partial charge in [-0.3, -0.25) is 9.69 Å². The van der Waals surface area contributed by atoms with E-state index in [-0.39, 0.29) is 17.8 Å². The van der Waals surface area contributed by atoms with Gasteiger partial charge < -0.3 is 4.74 Å². The van der Waals surface area contributed by atoms with Crippen LogP contribution in [0.15, 0.2) is 59.1 Å². The molecule has 1 aliphatic rings. The summed E-state index contributed by atoms with van der Waals surface area (Å²) in [7, 11) is 0. The molecule has 3 rings (SSSR count). The second kappa shape index (κ2) is 8.63. The maximum absolute atomic E-state index is 12.5. The van der Waals surface area contributed by atoms with E-state index in [1.54, 1.807) is 0 Å². The zero-order chi connectivity index (χ0) is 17.6. The summed E-state index contributed by atoms with van der Waals surface area (Å²) in [5.74, 6) is 0.160. The van der Waals surface area contributed by atoms with E-state index >= 15 is 0 Å². The van der Waals surface area contributed by atoms with Crippen LogP contribution in [0.3, 0.4) is 0 Å². The van der Waals surface area contributed by atoms with Gasteiger partial charge in [0.25, 0.3) is 0 Å². The minimum Gasteiger partial charge on any atom is -0.466 e. The van der Waals surface area contributed by atoms with Crippen LogP contribution in [0.4, 0.5) is 0 Å². The van der Waals surface area contributed by atoms with E-state index in [9.17, 15) is 4.79 Å². The highest BCUT2D eigenvalue weighted by Crippen LogP contribution is 2.31. The molecule has 25 heavy (non-hydrogen) atoms. The molecule has 3 nitrogen and oxygen atoms in total. The highest BCUT2D eigenvalue weighted by Gasteiger charge is 2.38. The van der Waals surface area contributed by atoms with E-state index in [1.165, 1.54) is 11.1 Å². The zero-order valence-electron chi connectivity index (χ0n) is 14.5. The summed E-state index contributed by atoms with van der Waals surface area (Å²) in [6, 6.07) is 18.7. The lowest BCUT2D eigenvalue weighted by Crippen LogP contribution is -2.26. The molecule has 1 aliphatic heterocycles. The fourth-order valence-corrected chi connectivity index (χ4v) is 4.05. The summed E-state index contributed by atoms with van der Waals surface area (Å²) >= 11 is 3.63. The molecule has 2 aromatic carbocycles. The smallest absolute Gasteiger partial charge is 0.310 e. The van der Waals surface area contributed by atoms with Gasteiger partial charge in [-0.05, 0) is 36.5 Å². The number of carbonyl (C=O) groups is 1. The Hall–Kier alpha value is -1.65. The highest BCUT2D eigenvalue weighted by molar-refractivity contribution is 9.10.